The molecule has 3 rings (SSSR count). The quantitative estimate of drug-likeness (QED) is 0.381. The lowest BCUT2D eigenvalue weighted by atomic mass is 10.1. The third kappa shape index (κ3) is 6.86. The Morgan fingerprint density at radius 1 is 1.06 bits per heavy atom. The van der Waals surface area contributed by atoms with Crippen LogP contribution in [-0.2, 0) is 17.8 Å². The van der Waals surface area contributed by atoms with Crippen molar-refractivity contribution in [1.82, 2.24) is 20.1 Å². The minimum absolute atomic E-state index is 0.0419. The first-order valence-electron chi connectivity index (χ1n) is 12.3. The molecule has 1 heterocycles. The van der Waals surface area contributed by atoms with Crippen LogP contribution in [0.25, 0.3) is 10.9 Å². The van der Waals surface area contributed by atoms with Gasteiger partial charge in [-0.15, -0.1) is 0 Å². The normalized spacial score (nSPS) is 11.1. The number of amides is 3. The van der Waals surface area contributed by atoms with E-state index in [1.807, 2.05) is 37.1 Å². The Kier molecular flexibility index (Phi) is 9.14. The van der Waals surface area contributed by atoms with Crippen LogP contribution >= 0.6 is 0 Å². The van der Waals surface area contributed by atoms with E-state index in [0.29, 0.717) is 19.6 Å². The van der Waals surface area contributed by atoms with Gasteiger partial charge in [-0.1, -0.05) is 61.4 Å². The Labute approximate surface area is 203 Å². The molecular formula is C28H38N4O2. The highest BCUT2D eigenvalue weighted by Crippen LogP contribution is 2.19. The molecule has 6 nitrogen and oxygen atoms in total. The number of carbonyl (C=O) groups is 2. The summed E-state index contributed by atoms with van der Waals surface area (Å²) in [7, 11) is 0. The second kappa shape index (κ2) is 12.3. The minimum atomic E-state index is -0.177. The zero-order valence-electron chi connectivity index (χ0n) is 20.9. The number of aryl methyl sites for hydroxylation is 1. The predicted molar refractivity (Wildman–Crippen MR) is 139 cm³/mol. The fourth-order valence-corrected chi connectivity index (χ4v) is 4.01. The fourth-order valence-electron chi connectivity index (χ4n) is 4.01. The molecular weight excluding hydrogens is 424 g/mol. The van der Waals surface area contributed by atoms with E-state index in [1.54, 1.807) is 4.90 Å². The second-order valence-electron chi connectivity index (χ2n) is 9.22. The minimum Gasteiger partial charge on any atom is -0.361 e. The van der Waals surface area contributed by atoms with E-state index in [-0.39, 0.29) is 24.5 Å². The SMILES string of the molecule is CCCCNC(=O)N(CC(=O)N(CCc1c[nH]c2ccccc12)Cc1ccc(C)cc1)C(C)C. The van der Waals surface area contributed by atoms with Crippen molar-refractivity contribution >= 4 is 22.8 Å². The highest BCUT2D eigenvalue weighted by atomic mass is 16.2. The number of fused-ring (bicyclic) bond motifs is 1. The van der Waals surface area contributed by atoms with Crippen molar-refractivity contribution in [3.63, 3.8) is 0 Å². The van der Waals surface area contributed by atoms with Crippen molar-refractivity contribution in [2.75, 3.05) is 19.6 Å². The number of aromatic amines is 1. The summed E-state index contributed by atoms with van der Waals surface area (Å²) in [6.07, 6.45) is 4.71. The molecule has 0 aliphatic heterocycles. The fraction of sp³-hybridized carbons (Fsp3) is 0.429. The van der Waals surface area contributed by atoms with Crippen LogP contribution in [-0.4, -0.2) is 52.4 Å². The number of H-pyrrole nitrogens is 1. The largest absolute Gasteiger partial charge is 0.361 e. The second-order valence-corrected chi connectivity index (χ2v) is 9.22. The molecule has 0 aliphatic carbocycles. The van der Waals surface area contributed by atoms with E-state index in [0.717, 1.165) is 30.3 Å². The van der Waals surface area contributed by atoms with Gasteiger partial charge in [0, 0.05) is 42.8 Å². The summed E-state index contributed by atoms with van der Waals surface area (Å²) < 4.78 is 0. The first-order chi connectivity index (χ1) is 16.4. The summed E-state index contributed by atoms with van der Waals surface area (Å²) in [5, 5.41) is 4.14. The number of aromatic nitrogens is 1. The maximum absolute atomic E-state index is 13.5. The zero-order valence-corrected chi connectivity index (χ0v) is 20.9. The van der Waals surface area contributed by atoms with E-state index < -0.39 is 0 Å². The number of carbonyl (C=O) groups excluding carboxylic acids is 2. The summed E-state index contributed by atoms with van der Waals surface area (Å²) in [5.74, 6) is -0.0419. The molecule has 0 unspecified atom stereocenters. The van der Waals surface area contributed by atoms with Gasteiger partial charge in [0.05, 0.1) is 0 Å². The summed E-state index contributed by atoms with van der Waals surface area (Å²) >= 11 is 0. The van der Waals surface area contributed by atoms with Crippen LogP contribution in [0.15, 0.2) is 54.7 Å². The first kappa shape index (κ1) is 25.3. The van der Waals surface area contributed by atoms with Crippen molar-refractivity contribution in [1.29, 1.82) is 0 Å². The van der Waals surface area contributed by atoms with E-state index in [2.05, 4.69) is 60.5 Å². The van der Waals surface area contributed by atoms with Crippen LogP contribution in [0.3, 0.4) is 0 Å². The molecule has 0 spiro atoms. The first-order valence-corrected chi connectivity index (χ1v) is 12.3. The van der Waals surface area contributed by atoms with Crippen molar-refractivity contribution in [3.05, 3.63) is 71.4 Å². The van der Waals surface area contributed by atoms with Gasteiger partial charge in [0.25, 0.3) is 0 Å². The Hall–Kier alpha value is -3.28. The number of urea groups is 1. The summed E-state index contributed by atoms with van der Waals surface area (Å²) in [6, 6.07) is 16.2. The van der Waals surface area contributed by atoms with Gasteiger partial charge < -0.3 is 20.1 Å². The maximum atomic E-state index is 13.5. The maximum Gasteiger partial charge on any atom is 0.318 e. The van der Waals surface area contributed by atoms with Crippen LogP contribution in [0.2, 0.25) is 0 Å². The standard InChI is InChI=1S/C28H38N4O2/c1-5-6-16-29-28(34)32(21(2)3)20-27(33)31(19-23-13-11-22(4)12-14-23)17-15-24-18-30-26-10-8-7-9-25(24)26/h7-14,18,21,30H,5-6,15-17,19-20H2,1-4H3,(H,29,34). The lowest BCUT2D eigenvalue weighted by Crippen LogP contribution is -2.49. The Morgan fingerprint density at radius 3 is 2.50 bits per heavy atom. The van der Waals surface area contributed by atoms with Gasteiger partial charge >= 0.3 is 6.03 Å². The van der Waals surface area contributed by atoms with Crippen molar-refractivity contribution in [3.8, 4) is 0 Å². The van der Waals surface area contributed by atoms with Gasteiger partial charge in [0.15, 0.2) is 0 Å². The number of hydrogen-bond donors (Lipinski definition) is 2. The summed E-state index contributed by atoms with van der Waals surface area (Å²) in [6.45, 7) is 9.83. The Morgan fingerprint density at radius 2 is 1.79 bits per heavy atom. The van der Waals surface area contributed by atoms with Gasteiger partial charge in [-0.05, 0) is 50.8 Å². The van der Waals surface area contributed by atoms with Gasteiger partial charge in [-0.2, -0.15) is 0 Å². The third-order valence-electron chi connectivity index (χ3n) is 6.17. The van der Waals surface area contributed by atoms with Crippen LogP contribution in [0.1, 0.15) is 50.3 Å². The molecule has 0 saturated carbocycles. The van der Waals surface area contributed by atoms with Crippen molar-refractivity contribution < 1.29 is 9.59 Å². The van der Waals surface area contributed by atoms with Crippen LogP contribution in [0, 0.1) is 6.92 Å². The molecule has 0 fully saturated rings. The molecule has 2 aromatic carbocycles. The third-order valence-corrected chi connectivity index (χ3v) is 6.17. The molecule has 0 bridgehead atoms. The highest BCUT2D eigenvalue weighted by molar-refractivity contribution is 5.85. The monoisotopic (exact) mass is 462 g/mol. The molecule has 0 atom stereocenters. The Balaban J connectivity index is 1.74. The van der Waals surface area contributed by atoms with Gasteiger partial charge in [-0.3, -0.25) is 4.79 Å². The topological polar surface area (TPSA) is 68.4 Å². The Bertz CT molecular complexity index is 1070. The van der Waals surface area contributed by atoms with Crippen LogP contribution in [0.5, 0.6) is 0 Å². The highest BCUT2D eigenvalue weighted by Gasteiger charge is 2.23. The van der Waals surface area contributed by atoms with Crippen LogP contribution in [0.4, 0.5) is 4.79 Å². The number of benzene rings is 2. The molecule has 0 aliphatic rings. The average molecular weight is 463 g/mol. The van der Waals surface area contributed by atoms with E-state index in [9.17, 15) is 9.59 Å². The van der Waals surface area contributed by atoms with Crippen LogP contribution < -0.4 is 5.32 Å². The molecule has 2 N–H and O–H groups in total. The van der Waals surface area contributed by atoms with E-state index in [4.69, 9.17) is 0 Å². The summed E-state index contributed by atoms with van der Waals surface area (Å²) in [4.78, 5) is 33.1. The number of hydrogen-bond acceptors (Lipinski definition) is 2. The number of nitrogens with one attached hydrogen (secondary N) is 2. The number of unbranched alkanes of at least 4 members (excludes halogenated alkanes) is 1. The van der Waals surface area contributed by atoms with Gasteiger partial charge in [0.1, 0.15) is 6.54 Å². The number of rotatable bonds is 11. The van der Waals surface area contributed by atoms with E-state index in [1.165, 1.54) is 16.5 Å². The van der Waals surface area contributed by atoms with Gasteiger partial charge in [-0.25, -0.2) is 4.79 Å². The summed E-state index contributed by atoms with van der Waals surface area (Å²) in [5.41, 5.74) is 4.57. The number of para-hydroxylation sites is 1. The lowest BCUT2D eigenvalue weighted by molar-refractivity contribution is -0.132. The smallest absolute Gasteiger partial charge is 0.318 e. The molecule has 6 heteroatoms. The number of nitrogens with zero attached hydrogens (tertiary/aromatic N) is 2. The van der Waals surface area contributed by atoms with E-state index >= 15 is 0 Å². The molecule has 0 radical (unpaired) electrons. The zero-order chi connectivity index (χ0) is 24.5. The lowest BCUT2D eigenvalue weighted by Gasteiger charge is -2.30. The molecule has 0 saturated heterocycles. The molecule has 1 aromatic heterocycles. The molecule has 3 aromatic rings. The van der Waals surface area contributed by atoms with Crippen molar-refractivity contribution in [2.24, 2.45) is 0 Å². The average Bonchev–Trinajstić information content (AvgIpc) is 3.24. The molecule has 3 amide bonds. The van der Waals surface area contributed by atoms with Crippen molar-refractivity contribution in [2.45, 2.75) is 59.5 Å². The molecule has 34 heavy (non-hydrogen) atoms. The molecule has 182 valence electrons. The predicted octanol–water partition coefficient (Wildman–Crippen LogP) is 5.27. The van der Waals surface area contributed by atoms with Gasteiger partial charge in [0.2, 0.25) is 5.91 Å².